The lowest BCUT2D eigenvalue weighted by Crippen LogP contribution is -2.68. The maximum absolute atomic E-state index is 12.9. The number of amides is 1. The van der Waals surface area contributed by atoms with Gasteiger partial charge in [-0.3, -0.25) is 9.59 Å². The minimum Gasteiger partial charge on any atom is -0.471 e. The zero-order chi connectivity index (χ0) is 49.7. The topological polar surface area (TPSA) is 218 Å². The van der Waals surface area contributed by atoms with Crippen molar-refractivity contribution in [1.29, 1.82) is 0 Å². The predicted molar refractivity (Wildman–Crippen MR) is 255 cm³/mol. The van der Waals surface area contributed by atoms with E-state index in [-0.39, 0.29) is 53.8 Å². The number of hydrogen-bond donors (Lipinski definition) is 4. The van der Waals surface area contributed by atoms with Crippen LogP contribution in [0.2, 0.25) is 0 Å². The van der Waals surface area contributed by atoms with E-state index < -0.39 is 129 Å². The summed E-state index contributed by atoms with van der Waals surface area (Å²) in [6.07, 6.45) is -15.4. The Hall–Kier alpha value is -1.14. The molecule has 0 aromatic heterocycles. The van der Waals surface area contributed by atoms with Crippen LogP contribution < -0.4 is 5.32 Å². The average molecular weight is 1090 g/mol. The number of rotatable bonds is 17. The van der Waals surface area contributed by atoms with E-state index in [1.807, 2.05) is 71.9 Å². The number of carbonyl (C=O) groups is 2. The molecule has 68 heavy (non-hydrogen) atoms. The van der Waals surface area contributed by atoms with Gasteiger partial charge >= 0.3 is 18.2 Å². The van der Waals surface area contributed by atoms with E-state index in [2.05, 4.69) is 53.3 Å². The molecule has 1 aromatic carbocycles. The lowest BCUT2D eigenvalue weighted by molar-refractivity contribution is -0.382. The molecule has 0 aliphatic carbocycles. The highest BCUT2D eigenvalue weighted by molar-refractivity contribution is 14.1. The van der Waals surface area contributed by atoms with Crippen molar-refractivity contribution < 1.29 is 80.8 Å². The van der Waals surface area contributed by atoms with Crippen LogP contribution in [0.25, 0.3) is 0 Å². The molecule has 0 bridgehead atoms. The summed E-state index contributed by atoms with van der Waals surface area (Å²) in [5, 5.41) is 36.7. The number of aliphatic hydroxyl groups excluding tert-OH is 3. The summed E-state index contributed by atoms with van der Waals surface area (Å²) in [4.78, 5) is 25.4. The molecule has 1 aromatic rings. The highest BCUT2D eigenvalue weighted by Crippen LogP contribution is 2.42. The molecule has 5 saturated heterocycles. The van der Waals surface area contributed by atoms with Crippen LogP contribution in [-0.2, 0) is 72.1 Å². The lowest BCUT2D eigenvalue weighted by atomic mass is 9.79. The predicted octanol–water partition coefficient (Wildman–Crippen LogP) is 3.75. The number of halogens is 1. The molecular weight excluding hydrogens is 1020 g/mol. The minimum atomic E-state index is -1.45. The number of ether oxygens (including phenoxy) is 11. The monoisotopic (exact) mass is 1090 g/mol. The van der Waals surface area contributed by atoms with Crippen molar-refractivity contribution in [1.82, 2.24) is 5.32 Å². The van der Waals surface area contributed by atoms with Crippen molar-refractivity contribution in [2.24, 2.45) is 41.4 Å². The molecule has 5 fully saturated rings. The van der Waals surface area contributed by atoms with Crippen molar-refractivity contribution in [3.63, 3.8) is 0 Å². The molecule has 6 rings (SSSR count). The van der Waals surface area contributed by atoms with Gasteiger partial charge in [0.2, 0.25) is 5.91 Å². The zero-order valence-electron chi connectivity index (χ0n) is 41.6. The van der Waals surface area contributed by atoms with Gasteiger partial charge in [0.05, 0.1) is 50.3 Å². The Labute approximate surface area is 419 Å². The third-order valence-electron chi connectivity index (χ3n) is 15.4. The highest BCUT2D eigenvalue weighted by atomic mass is 127. The van der Waals surface area contributed by atoms with Crippen molar-refractivity contribution in [3.05, 3.63) is 35.9 Å². The van der Waals surface area contributed by atoms with Gasteiger partial charge in [-0.1, -0.05) is 78.8 Å². The van der Waals surface area contributed by atoms with Crippen LogP contribution in [0.3, 0.4) is 0 Å². The second-order valence-corrected chi connectivity index (χ2v) is 22.3. The maximum Gasteiger partial charge on any atom is 0.527 e. The molecule has 18 nitrogen and oxygen atoms in total. The van der Waals surface area contributed by atoms with Crippen LogP contribution in [0, 0.1) is 41.4 Å². The fourth-order valence-electron chi connectivity index (χ4n) is 10.1. The van der Waals surface area contributed by atoms with Gasteiger partial charge in [-0.05, 0) is 50.0 Å². The van der Waals surface area contributed by atoms with Crippen LogP contribution >= 0.6 is 20.3 Å². The molecule has 0 spiro atoms. The minimum absolute atomic E-state index is 0.00976. The van der Waals surface area contributed by atoms with Gasteiger partial charge in [0.25, 0.3) is 0 Å². The molecule has 20 heteroatoms. The molecule has 4 N–H and O–H groups in total. The molecule has 0 saturated carbocycles. The Balaban J connectivity index is 1.22. The highest BCUT2D eigenvalue weighted by Gasteiger charge is 2.55. The summed E-state index contributed by atoms with van der Waals surface area (Å²) in [7, 11) is 0. The third kappa shape index (κ3) is 13.1. The Morgan fingerprint density at radius 1 is 0.603 bits per heavy atom. The third-order valence-corrected chi connectivity index (χ3v) is 17.0. The fraction of sp³-hybridized carbons (Fsp3) is 0.833. The molecule has 5 aliphatic heterocycles. The first kappa shape index (κ1) is 56.2. The van der Waals surface area contributed by atoms with Crippen molar-refractivity contribution in [2.75, 3.05) is 13.2 Å². The molecule has 10 unspecified atom stereocenters. The molecular formula is C48H77AlINO17. The summed E-state index contributed by atoms with van der Waals surface area (Å²) in [5.41, 5.74) is 1.08. The lowest BCUT2D eigenvalue weighted by Gasteiger charge is -2.51. The first-order valence-corrected chi connectivity index (χ1v) is 30.0. The summed E-state index contributed by atoms with van der Waals surface area (Å²) in [6, 6.07) is 8.99. The van der Waals surface area contributed by atoms with Gasteiger partial charge < -0.3 is 76.5 Å². The van der Waals surface area contributed by atoms with Gasteiger partial charge in [-0.15, -0.1) is 0 Å². The number of esters is 1. The van der Waals surface area contributed by atoms with E-state index in [1.54, 1.807) is 0 Å². The van der Waals surface area contributed by atoms with E-state index in [0.29, 0.717) is 13.2 Å². The van der Waals surface area contributed by atoms with Gasteiger partial charge in [0, 0.05) is 31.6 Å². The molecule has 1 amide bonds. The smallest absolute Gasteiger partial charge is 0.471 e. The van der Waals surface area contributed by atoms with Gasteiger partial charge in [0.1, 0.15) is 42.7 Å². The van der Waals surface area contributed by atoms with E-state index in [9.17, 15) is 24.9 Å². The Morgan fingerprint density at radius 2 is 1.16 bits per heavy atom. The number of carbonyl (C=O) groups excluding carboxylic acids is 2. The fourth-order valence-corrected chi connectivity index (χ4v) is 11.5. The van der Waals surface area contributed by atoms with Crippen LogP contribution in [0.15, 0.2) is 30.3 Å². The van der Waals surface area contributed by atoms with Gasteiger partial charge in [-0.25, -0.2) is 0 Å². The number of benzene rings is 1. The summed E-state index contributed by atoms with van der Waals surface area (Å²) in [5.74, 6) is -1.50. The van der Waals surface area contributed by atoms with E-state index in [1.165, 1.54) is 13.8 Å². The number of aliphatic hydroxyl groups is 3. The SMILES string of the molecule is CC(=O)NC1[C@H]([O][AlH][I])OC(CO)[C@@H](O)[C@@H]1O[C@@H]1OC(C)[C@H](C)[C@H](O[C@@H]2OC(C)[C@H](C)[C@H](C)C2O[C@@H]2OC(C)[C@H](C)[C@H](O[C@H]3O[C@@H](COCc4ccccc4)[C@@H](C)C(C)C3C)C2O)C1OC(C)=O. The average Bonchev–Trinajstić information content (AvgIpc) is 3.29. The van der Waals surface area contributed by atoms with Gasteiger partial charge in [0.15, 0.2) is 37.6 Å². The number of nitrogens with one attached hydrogen (secondary N) is 1. The molecule has 5 aliphatic rings. The Bertz CT molecular complexity index is 1740. The molecule has 5 heterocycles. The van der Waals surface area contributed by atoms with Crippen molar-refractivity contribution in [2.45, 2.75) is 200 Å². The summed E-state index contributed by atoms with van der Waals surface area (Å²) >= 11 is 0.976. The van der Waals surface area contributed by atoms with Crippen LogP contribution in [0.1, 0.15) is 88.6 Å². The van der Waals surface area contributed by atoms with E-state index >= 15 is 0 Å². The largest absolute Gasteiger partial charge is 0.527 e. The first-order valence-electron chi connectivity index (χ1n) is 24.4. The molecule has 25 atom stereocenters. The Kier molecular flexibility index (Phi) is 20.8. The maximum atomic E-state index is 12.9. The number of hydrogen-bond acceptors (Lipinski definition) is 17. The molecule has 0 radical (unpaired) electrons. The quantitative estimate of drug-likeness (QED) is 0.0993. The van der Waals surface area contributed by atoms with Crippen LogP contribution in [0.4, 0.5) is 0 Å². The Morgan fingerprint density at radius 3 is 1.78 bits per heavy atom. The zero-order valence-corrected chi connectivity index (χ0v) is 45.2. The van der Waals surface area contributed by atoms with Crippen molar-refractivity contribution in [3.8, 4) is 0 Å². The van der Waals surface area contributed by atoms with E-state index in [0.717, 1.165) is 5.56 Å². The van der Waals surface area contributed by atoms with Crippen LogP contribution in [-0.4, -0.2) is 163 Å². The molecule has 386 valence electrons. The first-order chi connectivity index (χ1) is 32.2. The second kappa shape index (κ2) is 25.2. The van der Waals surface area contributed by atoms with Gasteiger partial charge in [-0.2, -0.15) is 20.3 Å². The summed E-state index contributed by atoms with van der Waals surface area (Å²) < 4.78 is 77.2. The summed E-state index contributed by atoms with van der Waals surface area (Å²) in [6.45, 7) is 23.0. The van der Waals surface area contributed by atoms with E-state index in [4.69, 9.17) is 55.9 Å². The second-order valence-electron chi connectivity index (χ2n) is 19.9. The van der Waals surface area contributed by atoms with Crippen LogP contribution in [0.5, 0.6) is 0 Å². The van der Waals surface area contributed by atoms with Crippen molar-refractivity contribution >= 4 is 44.4 Å². The standard InChI is InChI=1S/C48H76NO17.Al.HI.H/c1-21-23(3)35(20-56-19-33-16-14-13-15-17-33)62-45(25(21)5)63-39-26(6)29(9)57-46(38(39)54)65-41-24(4)22(2)28(8)58-47(41)64-40-27(7)30(10)59-48(43(40)60-32(12)52)66-42-36(49-31(11)51)44(55)61-34(18-50)37(42)53;;;/h13-17,21-30,34-48,50,53-54H,18-20H2,1-12H3,(H,49,51);;1H;/q-1;+2;;/p-1/t21?,22-,23+,24+,25?,26+,27+,28?,29?,30?,34?,35+,36?,37-,38?,39+,40+,41?,42-,43?,44-,45-,46+,47+,48+;;;/m1.../s1. The normalized spacial score (nSPS) is 45.6.